The molecule has 2 rings (SSSR count). The van der Waals surface area contributed by atoms with Crippen LogP contribution in [0.5, 0.6) is 0 Å². The first-order valence-corrected chi connectivity index (χ1v) is 7.53. The molecule has 0 saturated heterocycles. The van der Waals surface area contributed by atoms with Crippen LogP contribution in [0.2, 0.25) is 15.1 Å². The van der Waals surface area contributed by atoms with E-state index in [4.69, 9.17) is 40.5 Å². The summed E-state index contributed by atoms with van der Waals surface area (Å²) >= 11 is 17.0. The molecule has 0 aliphatic carbocycles. The first-order chi connectivity index (χ1) is 10.5. The maximum Gasteiger partial charge on any atom is 0.446 e. The van der Waals surface area contributed by atoms with E-state index in [1.54, 1.807) is 0 Å². The molecule has 0 unspecified atom stereocenters. The summed E-state index contributed by atoms with van der Waals surface area (Å²) in [5, 5.41) is 2.50. The zero-order valence-electron chi connectivity index (χ0n) is 10.6. The van der Waals surface area contributed by atoms with Gasteiger partial charge in [-0.1, -0.05) is 34.8 Å². The lowest BCUT2D eigenvalue weighted by Gasteiger charge is -2.14. The average molecular weight is 413 g/mol. The van der Waals surface area contributed by atoms with Crippen LogP contribution in [0.4, 0.5) is 27.8 Å². The number of benzene rings is 1. The highest BCUT2D eigenvalue weighted by Gasteiger charge is 2.32. The molecule has 126 valence electrons. The minimum Gasteiger partial charge on any atom is -0.383 e. The second-order valence-electron chi connectivity index (χ2n) is 4.08. The van der Waals surface area contributed by atoms with E-state index in [1.165, 1.54) is 0 Å². The fraction of sp³-hybridized carbons (Fsp3) is 0.182. The van der Waals surface area contributed by atoms with Crippen LogP contribution in [-0.2, 0) is 0 Å². The Labute approximate surface area is 145 Å². The topological polar surface area (TPSA) is 43.8 Å². The molecule has 1 heterocycles. The Morgan fingerprint density at radius 3 is 2.30 bits per heavy atom. The van der Waals surface area contributed by atoms with Crippen LogP contribution in [-0.4, -0.2) is 15.3 Å². The number of nitrogens with zero attached hydrogens (tertiary/aromatic N) is 2. The van der Waals surface area contributed by atoms with Gasteiger partial charge in [0.2, 0.25) is 0 Å². The van der Waals surface area contributed by atoms with Crippen molar-refractivity contribution in [1.29, 1.82) is 0 Å². The molecule has 23 heavy (non-hydrogen) atoms. The lowest BCUT2D eigenvalue weighted by atomic mass is 10.2. The monoisotopic (exact) mass is 411 g/mol. The van der Waals surface area contributed by atoms with Crippen molar-refractivity contribution in [2.75, 3.05) is 5.73 Å². The highest BCUT2D eigenvalue weighted by molar-refractivity contribution is 8.00. The molecule has 2 N–H and O–H groups in total. The van der Waals surface area contributed by atoms with Gasteiger partial charge in [-0.2, -0.15) is 18.3 Å². The zero-order chi connectivity index (χ0) is 17.5. The van der Waals surface area contributed by atoms with Crippen molar-refractivity contribution in [3.63, 3.8) is 0 Å². The summed E-state index contributed by atoms with van der Waals surface area (Å²) in [4.78, 5) is -0.390. The largest absolute Gasteiger partial charge is 0.446 e. The molecular weight excluding hydrogens is 408 g/mol. The average Bonchev–Trinajstić information content (AvgIpc) is 2.74. The summed E-state index contributed by atoms with van der Waals surface area (Å²) in [6.07, 6.45) is -2.08. The predicted molar refractivity (Wildman–Crippen MR) is 79.9 cm³/mol. The Hall–Kier alpha value is -0.900. The standard InChI is InChI=1S/C11H5Cl3F5N3S/c12-4-1-3(9(15)16)6(13)7(14)8(4)22-10(20)5(2-21-22)23-11(17,18)19/h1-2,9H,20H2. The summed E-state index contributed by atoms with van der Waals surface area (Å²) < 4.78 is 63.7. The molecule has 0 bridgehead atoms. The van der Waals surface area contributed by atoms with Crippen LogP contribution in [0.15, 0.2) is 17.2 Å². The molecule has 0 saturated carbocycles. The van der Waals surface area contributed by atoms with Gasteiger partial charge in [0.05, 0.1) is 26.2 Å². The molecule has 0 radical (unpaired) electrons. The van der Waals surface area contributed by atoms with Gasteiger partial charge in [-0.15, -0.1) is 0 Å². The molecule has 1 aromatic heterocycles. The van der Waals surface area contributed by atoms with E-state index >= 15 is 0 Å². The number of hydrogen-bond acceptors (Lipinski definition) is 3. The normalized spacial score (nSPS) is 12.2. The number of aromatic nitrogens is 2. The second kappa shape index (κ2) is 6.54. The number of nitrogen functional groups attached to an aromatic ring is 1. The molecule has 12 heteroatoms. The lowest BCUT2D eigenvalue weighted by Crippen LogP contribution is -2.06. The van der Waals surface area contributed by atoms with E-state index in [-0.39, 0.29) is 10.7 Å². The van der Waals surface area contributed by atoms with Crippen LogP contribution in [0.1, 0.15) is 12.0 Å². The number of anilines is 1. The first kappa shape index (κ1) is 18.4. The molecule has 3 nitrogen and oxygen atoms in total. The molecule has 1 aromatic carbocycles. The molecule has 0 atom stereocenters. The minimum absolute atomic E-state index is 0.186. The Bertz CT molecular complexity index is 747. The van der Waals surface area contributed by atoms with E-state index in [0.717, 1.165) is 16.9 Å². The van der Waals surface area contributed by atoms with Gasteiger partial charge in [0.1, 0.15) is 11.5 Å². The summed E-state index contributed by atoms with van der Waals surface area (Å²) in [5.41, 5.74) is 0.227. The quantitative estimate of drug-likeness (QED) is 0.384. The van der Waals surface area contributed by atoms with Crippen molar-refractivity contribution in [3.8, 4) is 5.69 Å². The van der Waals surface area contributed by atoms with Crippen LogP contribution < -0.4 is 5.73 Å². The Balaban J connectivity index is 2.58. The second-order valence-corrected chi connectivity index (χ2v) is 6.35. The maximum atomic E-state index is 12.8. The smallest absolute Gasteiger partial charge is 0.383 e. The number of alkyl halides is 5. The lowest BCUT2D eigenvalue weighted by molar-refractivity contribution is -0.0328. The molecule has 0 aliphatic heterocycles. The number of hydrogen-bond donors (Lipinski definition) is 1. The van der Waals surface area contributed by atoms with Gasteiger partial charge >= 0.3 is 5.51 Å². The zero-order valence-corrected chi connectivity index (χ0v) is 13.7. The molecular formula is C11H5Cl3F5N3S. The fourth-order valence-electron chi connectivity index (χ4n) is 1.68. The third-order valence-corrected chi connectivity index (χ3v) is 4.53. The summed E-state index contributed by atoms with van der Waals surface area (Å²) in [5.74, 6) is -0.406. The maximum absolute atomic E-state index is 12.8. The predicted octanol–water partition coefficient (Wildman–Crippen LogP) is 5.96. The van der Waals surface area contributed by atoms with Gasteiger partial charge in [0.25, 0.3) is 6.43 Å². The highest BCUT2D eigenvalue weighted by Crippen LogP contribution is 2.44. The van der Waals surface area contributed by atoms with Gasteiger partial charge in [0.15, 0.2) is 0 Å². The number of nitrogens with two attached hydrogens (primary N) is 1. The van der Waals surface area contributed by atoms with Crippen molar-refractivity contribution < 1.29 is 22.0 Å². The highest BCUT2D eigenvalue weighted by atomic mass is 35.5. The van der Waals surface area contributed by atoms with Crippen LogP contribution in [0.25, 0.3) is 5.69 Å². The SMILES string of the molecule is Nc1c(SC(F)(F)F)cnn1-c1c(Cl)cc(C(F)F)c(Cl)c1Cl. The third-order valence-electron chi connectivity index (χ3n) is 2.61. The molecule has 0 fully saturated rings. The molecule has 2 aromatic rings. The van der Waals surface area contributed by atoms with Crippen molar-refractivity contribution in [2.45, 2.75) is 16.8 Å². The van der Waals surface area contributed by atoms with E-state index in [9.17, 15) is 22.0 Å². The van der Waals surface area contributed by atoms with Crippen LogP contribution >= 0.6 is 46.6 Å². The van der Waals surface area contributed by atoms with Crippen molar-refractivity contribution in [1.82, 2.24) is 9.78 Å². The third kappa shape index (κ3) is 3.78. The Kier molecular flexibility index (Phi) is 5.24. The Morgan fingerprint density at radius 2 is 1.78 bits per heavy atom. The summed E-state index contributed by atoms with van der Waals surface area (Å²) in [6.45, 7) is 0. The molecule has 0 amide bonds. The number of halogens is 8. The van der Waals surface area contributed by atoms with Crippen LogP contribution in [0.3, 0.4) is 0 Å². The van der Waals surface area contributed by atoms with Gasteiger partial charge in [-0.05, 0) is 17.8 Å². The first-order valence-electron chi connectivity index (χ1n) is 5.58. The van der Waals surface area contributed by atoms with Crippen molar-refractivity contribution >= 4 is 52.4 Å². The van der Waals surface area contributed by atoms with Gasteiger partial charge in [0, 0.05) is 5.56 Å². The number of thioether (sulfide) groups is 1. The van der Waals surface area contributed by atoms with E-state index in [0.29, 0.717) is 0 Å². The van der Waals surface area contributed by atoms with Gasteiger partial charge < -0.3 is 5.73 Å². The van der Waals surface area contributed by atoms with E-state index in [2.05, 4.69) is 5.10 Å². The number of rotatable bonds is 3. The minimum atomic E-state index is -4.58. The van der Waals surface area contributed by atoms with Gasteiger partial charge in [-0.3, -0.25) is 0 Å². The molecule has 0 aliphatic rings. The summed E-state index contributed by atoms with van der Waals surface area (Å²) in [7, 11) is 0. The van der Waals surface area contributed by atoms with Crippen LogP contribution in [0, 0.1) is 0 Å². The molecule has 0 spiro atoms. The van der Waals surface area contributed by atoms with Crippen molar-refractivity contribution in [2.24, 2.45) is 0 Å². The Morgan fingerprint density at radius 1 is 1.17 bits per heavy atom. The fourth-order valence-corrected chi connectivity index (χ4v) is 3.08. The summed E-state index contributed by atoms with van der Waals surface area (Å²) in [6, 6.07) is 0.855. The van der Waals surface area contributed by atoms with Gasteiger partial charge in [-0.25, -0.2) is 13.5 Å². The van der Waals surface area contributed by atoms with E-state index < -0.39 is 50.0 Å². The van der Waals surface area contributed by atoms with E-state index in [1.807, 2.05) is 0 Å². The van der Waals surface area contributed by atoms with Crippen molar-refractivity contribution in [3.05, 3.63) is 32.9 Å².